The molecule has 3 aromatic carbocycles. The number of likely N-dealkylation sites (tertiary alicyclic amines) is 1. The summed E-state index contributed by atoms with van der Waals surface area (Å²) in [6, 6.07) is 20.5. The van der Waals surface area contributed by atoms with Gasteiger partial charge in [0.05, 0.1) is 23.2 Å². The number of amides is 3. The van der Waals surface area contributed by atoms with Crippen molar-refractivity contribution < 1.29 is 24.2 Å². The van der Waals surface area contributed by atoms with Gasteiger partial charge in [0, 0.05) is 29.8 Å². The van der Waals surface area contributed by atoms with Gasteiger partial charge in [-0.2, -0.15) is 0 Å². The Hall–Kier alpha value is -3.56. The van der Waals surface area contributed by atoms with E-state index in [1.165, 1.54) is 0 Å². The van der Waals surface area contributed by atoms with Crippen molar-refractivity contribution in [2.45, 2.75) is 61.5 Å². The molecule has 5 atom stereocenters. The molecule has 2 unspecified atom stereocenters. The number of nitrogens with one attached hydrogen (secondary N) is 2. The van der Waals surface area contributed by atoms with Crippen LogP contribution in [0.2, 0.25) is 0 Å². The minimum absolute atomic E-state index is 0.0145. The van der Waals surface area contributed by atoms with Gasteiger partial charge in [-0.15, -0.1) is 11.8 Å². The van der Waals surface area contributed by atoms with Crippen LogP contribution in [0, 0.1) is 11.8 Å². The smallest absolute Gasteiger partial charge is 0.248 e. The van der Waals surface area contributed by atoms with Gasteiger partial charge in [-0.1, -0.05) is 43.2 Å². The molecule has 3 fully saturated rings. The third-order valence-corrected chi connectivity index (χ3v) is 11.1. The molecule has 3 aliphatic rings. The molecule has 43 heavy (non-hydrogen) atoms. The van der Waals surface area contributed by atoms with Gasteiger partial charge >= 0.3 is 0 Å². The van der Waals surface area contributed by atoms with Gasteiger partial charge in [-0.25, -0.2) is 0 Å². The number of nitrogens with zero attached hydrogens (tertiary/aromatic N) is 1. The lowest BCUT2D eigenvalue weighted by Crippen LogP contribution is -2.51. The van der Waals surface area contributed by atoms with Gasteiger partial charge in [-0.05, 0) is 79.8 Å². The van der Waals surface area contributed by atoms with E-state index in [-0.39, 0.29) is 29.6 Å². The van der Waals surface area contributed by atoms with E-state index in [2.05, 4.69) is 10.6 Å². The zero-order valence-electron chi connectivity index (χ0n) is 24.5. The molecule has 226 valence electrons. The Kier molecular flexibility index (Phi) is 8.63. The van der Waals surface area contributed by atoms with E-state index in [0.29, 0.717) is 24.5 Å². The van der Waals surface area contributed by atoms with Crippen LogP contribution in [0.5, 0.6) is 5.75 Å². The number of aliphatic hydroxyl groups is 1. The molecule has 3 amide bonds. The first-order valence-corrected chi connectivity index (χ1v) is 16.3. The molecule has 3 N–H and O–H groups in total. The number of carbonyl (C=O) groups is 3. The Bertz CT molecular complexity index is 1500. The summed E-state index contributed by atoms with van der Waals surface area (Å²) in [5.74, 6) is -0.780. The lowest BCUT2D eigenvalue weighted by molar-refractivity contribution is -0.138. The number of ether oxygens (including phenoxy) is 1. The number of fused-ring (bicyclic) bond motifs is 2. The maximum absolute atomic E-state index is 14.2. The van der Waals surface area contributed by atoms with Crippen LogP contribution in [0.3, 0.4) is 0 Å². The Morgan fingerprint density at radius 1 is 0.953 bits per heavy atom. The molecule has 3 aromatic rings. The fourth-order valence-corrected chi connectivity index (χ4v) is 9.47. The van der Waals surface area contributed by atoms with Crippen LogP contribution in [0.25, 0.3) is 10.8 Å². The average Bonchev–Trinajstić information content (AvgIpc) is 3.65. The summed E-state index contributed by atoms with van der Waals surface area (Å²) in [5, 5.41) is 17.5. The van der Waals surface area contributed by atoms with E-state index in [1.807, 2.05) is 73.7 Å². The van der Waals surface area contributed by atoms with Gasteiger partial charge < -0.3 is 25.4 Å². The van der Waals surface area contributed by atoms with Gasteiger partial charge in [0.2, 0.25) is 17.7 Å². The molecule has 3 saturated heterocycles. The van der Waals surface area contributed by atoms with Crippen molar-refractivity contribution >= 4 is 51.6 Å². The maximum atomic E-state index is 14.2. The number of anilines is 2. The summed E-state index contributed by atoms with van der Waals surface area (Å²) >= 11 is 1.67. The second-order valence-electron chi connectivity index (χ2n) is 11.7. The number of hydrogen-bond acceptors (Lipinski definition) is 6. The third-order valence-electron chi connectivity index (χ3n) is 9.11. The lowest BCUT2D eigenvalue weighted by atomic mass is 9.70. The molecule has 0 aliphatic carbocycles. The van der Waals surface area contributed by atoms with Crippen LogP contribution >= 0.6 is 11.8 Å². The molecule has 8 nitrogen and oxygen atoms in total. The van der Waals surface area contributed by atoms with Crippen molar-refractivity contribution in [1.82, 2.24) is 4.90 Å². The molecular weight excluding hydrogens is 562 g/mol. The summed E-state index contributed by atoms with van der Waals surface area (Å²) in [4.78, 5) is 43.9. The van der Waals surface area contributed by atoms with E-state index >= 15 is 0 Å². The van der Waals surface area contributed by atoms with Crippen LogP contribution < -0.4 is 15.4 Å². The van der Waals surface area contributed by atoms with Crippen LogP contribution in [0.1, 0.15) is 45.4 Å². The largest absolute Gasteiger partial charge is 0.494 e. The van der Waals surface area contributed by atoms with Crippen molar-refractivity contribution in [3.63, 3.8) is 0 Å². The predicted octanol–water partition coefficient (Wildman–Crippen LogP) is 5.46. The molecule has 3 aliphatic heterocycles. The zero-order valence-corrected chi connectivity index (χ0v) is 25.3. The van der Waals surface area contributed by atoms with Crippen molar-refractivity contribution in [2.75, 3.05) is 30.4 Å². The number of thioether (sulfide) groups is 1. The monoisotopic (exact) mass is 601 g/mol. The molecular formula is C34H39N3O5S. The standard InChI is InChI=1S/C34H39N3O5S/c1-2-42-26-15-13-24(14-16-26)35-31(39)28-27-17-18-34(43-27)29(28)33(41)37(19-7-3-4-8-20-38)30(34)32(40)36-25-12-11-22-9-5-6-10-23(22)21-25/h5-6,9-16,21,27-30,38H,2-4,7-8,17-20H2,1H3,(H,35,39)(H,36,40)/t27-,28+,29+,30?,34?/m1/s1. The van der Waals surface area contributed by atoms with E-state index in [0.717, 1.165) is 55.0 Å². The fraction of sp³-hybridized carbons (Fsp3) is 0.441. The summed E-state index contributed by atoms with van der Waals surface area (Å²) in [6.07, 6.45) is 4.70. The van der Waals surface area contributed by atoms with Crippen molar-refractivity contribution in [2.24, 2.45) is 11.8 Å². The Morgan fingerprint density at radius 3 is 2.44 bits per heavy atom. The fourth-order valence-electron chi connectivity index (χ4n) is 7.25. The Labute approximate surface area is 256 Å². The molecule has 0 saturated carbocycles. The summed E-state index contributed by atoms with van der Waals surface area (Å²) in [7, 11) is 0. The van der Waals surface area contributed by atoms with Crippen LogP contribution in [0.15, 0.2) is 66.7 Å². The predicted molar refractivity (Wildman–Crippen MR) is 170 cm³/mol. The van der Waals surface area contributed by atoms with Crippen LogP contribution in [-0.2, 0) is 14.4 Å². The van der Waals surface area contributed by atoms with Crippen LogP contribution in [-0.4, -0.2) is 63.5 Å². The van der Waals surface area contributed by atoms with Gasteiger partial charge in [-0.3, -0.25) is 14.4 Å². The van der Waals surface area contributed by atoms with E-state index in [4.69, 9.17) is 4.74 Å². The number of rotatable bonds is 12. The lowest BCUT2D eigenvalue weighted by Gasteiger charge is -2.34. The molecule has 2 bridgehead atoms. The van der Waals surface area contributed by atoms with Gasteiger partial charge in [0.1, 0.15) is 11.8 Å². The van der Waals surface area contributed by atoms with Gasteiger partial charge in [0.15, 0.2) is 0 Å². The maximum Gasteiger partial charge on any atom is 0.248 e. The minimum atomic E-state index is -0.660. The van der Waals surface area contributed by atoms with Crippen LogP contribution in [0.4, 0.5) is 11.4 Å². The van der Waals surface area contributed by atoms with Crippen molar-refractivity contribution in [1.29, 1.82) is 0 Å². The van der Waals surface area contributed by atoms with Gasteiger partial charge in [0.25, 0.3) is 0 Å². The number of hydrogen-bond donors (Lipinski definition) is 3. The molecule has 0 radical (unpaired) electrons. The number of unbranched alkanes of at least 4 members (excludes halogenated alkanes) is 3. The Balaban J connectivity index is 1.25. The second-order valence-corrected chi connectivity index (χ2v) is 13.3. The highest BCUT2D eigenvalue weighted by atomic mass is 32.2. The number of benzene rings is 3. The molecule has 1 spiro atoms. The Morgan fingerprint density at radius 2 is 1.67 bits per heavy atom. The van der Waals surface area contributed by atoms with Crippen molar-refractivity contribution in [3.8, 4) is 5.75 Å². The second kappa shape index (κ2) is 12.6. The first-order valence-electron chi connectivity index (χ1n) is 15.4. The highest BCUT2D eigenvalue weighted by molar-refractivity contribution is 8.02. The number of carbonyl (C=O) groups excluding carboxylic acids is 3. The van der Waals surface area contributed by atoms with E-state index in [9.17, 15) is 19.5 Å². The van der Waals surface area contributed by atoms with E-state index < -0.39 is 22.6 Å². The molecule has 6 rings (SSSR count). The molecule has 0 aromatic heterocycles. The van der Waals surface area contributed by atoms with Crippen molar-refractivity contribution in [3.05, 3.63) is 66.7 Å². The number of aliphatic hydroxyl groups excluding tert-OH is 1. The third kappa shape index (κ3) is 5.60. The summed E-state index contributed by atoms with van der Waals surface area (Å²) < 4.78 is 4.88. The summed E-state index contributed by atoms with van der Waals surface area (Å²) in [5.41, 5.74) is 1.35. The highest BCUT2D eigenvalue weighted by Crippen LogP contribution is 2.66. The SMILES string of the molecule is CCOc1ccc(NC(=O)[C@@H]2[C@H]3C(=O)N(CCCCCCO)C(C(=O)Nc4ccc5ccccc5c4)C34CC[C@H]2S4)cc1. The first-order chi connectivity index (χ1) is 20.9. The quantitative estimate of drug-likeness (QED) is 0.238. The van der Waals surface area contributed by atoms with E-state index in [1.54, 1.807) is 16.7 Å². The molecule has 9 heteroatoms. The molecule has 3 heterocycles. The normalized spacial score (nSPS) is 25.6. The zero-order chi connectivity index (χ0) is 30.0. The average molecular weight is 602 g/mol. The first kappa shape index (κ1) is 29.5. The topological polar surface area (TPSA) is 108 Å². The minimum Gasteiger partial charge on any atom is -0.494 e. The highest BCUT2D eigenvalue weighted by Gasteiger charge is 2.73. The summed E-state index contributed by atoms with van der Waals surface area (Å²) in [6.45, 7) is 3.08.